The van der Waals surface area contributed by atoms with E-state index in [4.69, 9.17) is 4.74 Å². The lowest BCUT2D eigenvalue weighted by atomic mass is 9.84. The molecule has 0 spiro atoms. The van der Waals surface area contributed by atoms with Crippen LogP contribution in [0.25, 0.3) is 0 Å². The molecule has 1 fully saturated rings. The van der Waals surface area contributed by atoms with Crippen LogP contribution in [0, 0.1) is 11.8 Å². The number of nitrogens with one attached hydrogen (secondary N) is 1. The van der Waals surface area contributed by atoms with Crippen LogP contribution in [0.1, 0.15) is 55.8 Å². The maximum Gasteiger partial charge on any atom is 0.384 e. The van der Waals surface area contributed by atoms with Gasteiger partial charge in [-0.1, -0.05) is 48.7 Å². The van der Waals surface area contributed by atoms with Gasteiger partial charge in [0.2, 0.25) is 0 Å². The molecule has 2 aromatic carbocycles. The lowest BCUT2D eigenvalue weighted by Crippen LogP contribution is -2.43. The van der Waals surface area contributed by atoms with Gasteiger partial charge < -0.3 is 9.47 Å². The maximum atomic E-state index is 11.5. The normalized spacial score (nSPS) is 15.8. The summed E-state index contributed by atoms with van der Waals surface area (Å²) in [5.41, 5.74) is 6.58. The second kappa shape index (κ2) is 13.5. The van der Waals surface area contributed by atoms with E-state index in [-0.39, 0.29) is 24.8 Å². The van der Waals surface area contributed by atoms with Crippen molar-refractivity contribution >= 4 is 30.8 Å². The van der Waals surface area contributed by atoms with Crippen LogP contribution >= 0.6 is 24.8 Å². The fourth-order valence-electron chi connectivity index (χ4n) is 3.97. The Morgan fingerprint density at radius 2 is 1.85 bits per heavy atom. The monoisotopic (exact) mass is 492 g/mol. The summed E-state index contributed by atoms with van der Waals surface area (Å²) < 4.78 is 10.3. The van der Waals surface area contributed by atoms with Crippen molar-refractivity contribution < 1.29 is 14.3 Å². The number of halogens is 2. The lowest BCUT2D eigenvalue weighted by Gasteiger charge is -2.36. The van der Waals surface area contributed by atoms with E-state index in [0.29, 0.717) is 12.6 Å². The number of benzene rings is 2. The van der Waals surface area contributed by atoms with E-state index in [2.05, 4.69) is 63.4 Å². The van der Waals surface area contributed by atoms with Crippen LogP contribution in [0.2, 0.25) is 0 Å². The van der Waals surface area contributed by atoms with Gasteiger partial charge in [-0.25, -0.2) is 9.80 Å². The number of hydrazine groups is 1. The van der Waals surface area contributed by atoms with Crippen molar-refractivity contribution in [3.05, 3.63) is 65.2 Å². The Balaban J connectivity index is 0.00000272. The molecule has 3 rings (SSSR count). The van der Waals surface area contributed by atoms with Crippen molar-refractivity contribution in [1.82, 2.24) is 10.4 Å². The molecule has 2 aromatic rings. The second-order valence-electron chi connectivity index (χ2n) is 8.34. The summed E-state index contributed by atoms with van der Waals surface area (Å²) in [4.78, 5) is 11.5. The predicted molar refractivity (Wildman–Crippen MR) is 137 cm³/mol. The zero-order valence-electron chi connectivity index (χ0n) is 19.7. The highest BCUT2D eigenvalue weighted by Gasteiger charge is 2.24. The lowest BCUT2D eigenvalue weighted by molar-refractivity contribution is -0.133. The Kier molecular flexibility index (Phi) is 11.8. The number of carbonyl (C=O) groups is 1. The number of methoxy groups -OCH3 is 2. The van der Waals surface area contributed by atoms with Crippen LogP contribution in [-0.2, 0) is 21.5 Å². The molecule has 0 amide bonds. The fourth-order valence-corrected chi connectivity index (χ4v) is 3.97. The molecule has 7 heteroatoms. The van der Waals surface area contributed by atoms with Gasteiger partial charge in [0.1, 0.15) is 5.75 Å². The van der Waals surface area contributed by atoms with E-state index in [1.54, 1.807) is 7.11 Å². The Bertz CT molecular complexity index is 955. The van der Waals surface area contributed by atoms with Gasteiger partial charge in [0, 0.05) is 30.6 Å². The van der Waals surface area contributed by atoms with Gasteiger partial charge in [-0.05, 0) is 49.9 Å². The largest absolute Gasteiger partial charge is 0.496 e. The molecule has 180 valence electrons. The number of carbonyl (C=O) groups excluding carboxylic acids is 1. The average molecular weight is 493 g/mol. The Morgan fingerprint density at radius 3 is 2.52 bits per heavy atom. The smallest absolute Gasteiger partial charge is 0.384 e. The highest BCUT2D eigenvalue weighted by Crippen LogP contribution is 2.31. The third-order valence-corrected chi connectivity index (χ3v) is 5.82. The van der Waals surface area contributed by atoms with Crippen LogP contribution in [0.15, 0.2) is 48.5 Å². The van der Waals surface area contributed by atoms with Crippen molar-refractivity contribution in [3.63, 3.8) is 0 Å². The Labute approximate surface area is 210 Å². The summed E-state index contributed by atoms with van der Waals surface area (Å²) in [5, 5.41) is 2.35. The minimum Gasteiger partial charge on any atom is -0.496 e. The van der Waals surface area contributed by atoms with Crippen molar-refractivity contribution in [1.29, 1.82) is 0 Å². The number of esters is 1. The van der Waals surface area contributed by atoms with Crippen molar-refractivity contribution in [2.75, 3.05) is 20.8 Å². The zero-order chi connectivity index (χ0) is 22.3. The van der Waals surface area contributed by atoms with Gasteiger partial charge in [0.25, 0.3) is 0 Å². The average Bonchev–Trinajstić information content (AvgIpc) is 2.81. The molecule has 1 aliphatic rings. The molecule has 1 unspecified atom stereocenters. The summed E-state index contributed by atoms with van der Waals surface area (Å²) in [6.07, 6.45) is 3.57. The summed E-state index contributed by atoms with van der Waals surface area (Å²) in [5.74, 6) is 5.90. The molecule has 1 aliphatic heterocycles. The molecule has 0 aliphatic carbocycles. The molecule has 1 heterocycles. The first kappa shape index (κ1) is 28.8. The van der Waals surface area contributed by atoms with Gasteiger partial charge in [0.05, 0.1) is 19.6 Å². The molecule has 1 saturated heterocycles. The molecule has 0 radical (unpaired) electrons. The molecule has 0 saturated carbocycles. The van der Waals surface area contributed by atoms with Crippen LogP contribution in [0.3, 0.4) is 0 Å². The van der Waals surface area contributed by atoms with Crippen molar-refractivity contribution in [3.8, 4) is 17.6 Å². The summed E-state index contributed by atoms with van der Waals surface area (Å²) in [7, 11) is 3.03. The van der Waals surface area contributed by atoms with Gasteiger partial charge in [-0.15, -0.1) is 24.8 Å². The maximum absolute atomic E-state index is 11.5. The van der Waals surface area contributed by atoms with Crippen LogP contribution in [-0.4, -0.2) is 31.7 Å². The first-order chi connectivity index (χ1) is 14.9. The third-order valence-electron chi connectivity index (χ3n) is 5.82. The van der Waals surface area contributed by atoms with E-state index in [9.17, 15) is 4.79 Å². The number of hydrogen-bond donors (Lipinski definition) is 1. The van der Waals surface area contributed by atoms with Gasteiger partial charge in [0.15, 0.2) is 0 Å². The van der Waals surface area contributed by atoms with Gasteiger partial charge in [-0.2, -0.15) is 0 Å². The summed E-state index contributed by atoms with van der Waals surface area (Å²) in [6.45, 7) is 5.66. The van der Waals surface area contributed by atoms with E-state index in [1.807, 2.05) is 26.0 Å². The number of hydrogen-bond acceptors (Lipinski definition) is 5. The first-order valence-electron chi connectivity index (χ1n) is 10.8. The van der Waals surface area contributed by atoms with Crippen LogP contribution < -0.4 is 10.2 Å². The van der Waals surface area contributed by atoms with Crippen LogP contribution in [0.4, 0.5) is 0 Å². The highest BCUT2D eigenvalue weighted by molar-refractivity contribution is 5.88. The number of nitrogens with zero attached hydrogens (tertiary/aromatic N) is 1. The SMILES string of the molecule is COC(=O)C#CC(C)(C)c1ccc(OC)c(CNN2CCCCC2c2ccccc2)c1.Cl.Cl. The number of rotatable bonds is 6. The van der Waals surface area contributed by atoms with E-state index in [1.165, 1.54) is 25.5 Å². The summed E-state index contributed by atoms with van der Waals surface area (Å²) >= 11 is 0. The topological polar surface area (TPSA) is 50.8 Å². The van der Waals surface area contributed by atoms with Gasteiger partial charge >= 0.3 is 5.97 Å². The molecule has 0 bridgehead atoms. The fraction of sp³-hybridized carbons (Fsp3) is 0.423. The van der Waals surface area contributed by atoms with Crippen LogP contribution in [0.5, 0.6) is 5.75 Å². The van der Waals surface area contributed by atoms with E-state index >= 15 is 0 Å². The minimum absolute atomic E-state index is 0. The zero-order valence-corrected chi connectivity index (χ0v) is 21.4. The Hall–Kier alpha value is -2.23. The molecule has 1 atom stereocenters. The molecule has 0 aromatic heterocycles. The van der Waals surface area contributed by atoms with Gasteiger partial charge in [-0.3, -0.25) is 5.43 Å². The number of piperidine rings is 1. The number of ether oxygens (including phenoxy) is 2. The van der Waals surface area contributed by atoms with Crippen molar-refractivity contribution in [2.45, 2.75) is 51.1 Å². The standard InChI is InChI=1S/C26H32N2O3.2ClH/c1-26(2,16-15-25(29)31-4)22-13-14-24(30-3)21(18-22)19-27-28-17-9-8-12-23(28)20-10-6-5-7-11-20;;/h5-7,10-11,13-14,18,23,27H,8-9,12,17,19H2,1-4H3;2*1H. The second-order valence-corrected chi connectivity index (χ2v) is 8.34. The molecular weight excluding hydrogens is 459 g/mol. The quantitative estimate of drug-likeness (QED) is 0.340. The third kappa shape index (κ3) is 7.65. The first-order valence-corrected chi connectivity index (χ1v) is 10.8. The van der Waals surface area contributed by atoms with E-state index in [0.717, 1.165) is 29.8 Å². The van der Waals surface area contributed by atoms with E-state index < -0.39 is 11.4 Å². The molecule has 1 N–H and O–H groups in total. The van der Waals surface area contributed by atoms with Crippen molar-refractivity contribution in [2.24, 2.45) is 0 Å². The predicted octanol–water partition coefficient (Wildman–Crippen LogP) is 5.22. The highest BCUT2D eigenvalue weighted by atomic mass is 35.5. The Morgan fingerprint density at radius 1 is 1.12 bits per heavy atom. The molecule has 33 heavy (non-hydrogen) atoms. The molecule has 5 nitrogen and oxygen atoms in total. The minimum atomic E-state index is -0.527. The molecular formula is C26H34Cl2N2O3. The summed E-state index contributed by atoms with van der Waals surface area (Å²) in [6, 6.07) is 17.1.